The molecule has 0 saturated carbocycles. The van der Waals surface area contributed by atoms with Crippen LogP contribution in [0.15, 0.2) is 48.7 Å². The Labute approximate surface area is 223 Å². The number of rotatable bonds is 14. The number of hydroxylamine groups is 1. The van der Waals surface area contributed by atoms with Crippen molar-refractivity contribution in [1.82, 2.24) is 15.8 Å². The molecule has 0 radical (unpaired) electrons. The Balaban J connectivity index is 1.28. The van der Waals surface area contributed by atoms with Gasteiger partial charge in [0, 0.05) is 23.6 Å². The highest BCUT2D eigenvalue weighted by atomic mass is 16.6. The second-order valence-electron chi connectivity index (χ2n) is 9.45. The minimum Gasteiger partial charge on any atom is -0.479 e. The number of nitrogens with one attached hydrogen (secondary N) is 3. The van der Waals surface area contributed by atoms with E-state index in [9.17, 15) is 9.59 Å². The summed E-state index contributed by atoms with van der Waals surface area (Å²) in [7, 11) is 0. The molecule has 2 aromatic carbocycles. The van der Waals surface area contributed by atoms with E-state index in [4.69, 9.17) is 14.7 Å². The number of amides is 1. The second-order valence-corrected chi connectivity index (χ2v) is 9.45. The van der Waals surface area contributed by atoms with Gasteiger partial charge in [-0.3, -0.25) is 10.0 Å². The molecule has 1 aliphatic rings. The van der Waals surface area contributed by atoms with Crippen molar-refractivity contribution in [3.05, 3.63) is 65.4 Å². The lowest BCUT2D eigenvalue weighted by atomic mass is 9.79. The smallest absolute Gasteiger partial charge is 0.347 e. The molecule has 0 fully saturated rings. The van der Waals surface area contributed by atoms with E-state index in [1.807, 2.05) is 55.6 Å². The number of aromatic amines is 1. The van der Waals surface area contributed by atoms with E-state index >= 15 is 0 Å². The Kier molecular flexibility index (Phi) is 9.41. The van der Waals surface area contributed by atoms with Gasteiger partial charge in [-0.15, -0.1) is 0 Å². The van der Waals surface area contributed by atoms with Crippen LogP contribution < -0.4 is 15.5 Å². The average Bonchev–Trinajstić information content (AvgIpc) is 3.32. The summed E-state index contributed by atoms with van der Waals surface area (Å²) < 4.78 is 11.3. The third-order valence-corrected chi connectivity index (χ3v) is 6.75. The maximum absolute atomic E-state index is 12.4. The minimum absolute atomic E-state index is 0.181. The molecule has 0 spiro atoms. The van der Waals surface area contributed by atoms with E-state index in [0.717, 1.165) is 47.8 Å². The van der Waals surface area contributed by atoms with Crippen molar-refractivity contribution in [2.45, 2.75) is 58.1 Å². The number of carbonyl (C=O) groups excluding carboxylic acids is 2. The average molecular weight is 518 g/mol. The number of unbranched alkanes of at least 4 members (excludes halogenated alkanes) is 1. The summed E-state index contributed by atoms with van der Waals surface area (Å²) in [6.07, 6.45) is 4.59. The van der Waals surface area contributed by atoms with Crippen LogP contribution in [-0.2, 0) is 27.3 Å². The van der Waals surface area contributed by atoms with E-state index < -0.39 is 17.9 Å². The van der Waals surface area contributed by atoms with E-state index in [1.54, 1.807) is 5.48 Å². The molecule has 8 heteroatoms. The first-order valence-corrected chi connectivity index (χ1v) is 13.2. The molecule has 0 aliphatic heterocycles. The number of benzene rings is 2. The second kappa shape index (κ2) is 13.1. The van der Waals surface area contributed by atoms with Crippen LogP contribution in [-0.4, -0.2) is 41.3 Å². The van der Waals surface area contributed by atoms with Crippen molar-refractivity contribution in [2.24, 2.45) is 5.92 Å². The molecule has 38 heavy (non-hydrogen) atoms. The van der Waals surface area contributed by atoms with Gasteiger partial charge in [0.2, 0.25) is 0 Å². The lowest BCUT2D eigenvalue weighted by Gasteiger charge is -2.23. The van der Waals surface area contributed by atoms with Crippen molar-refractivity contribution in [2.75, 3.05) is 13.2 Å². The molecule has 1 amide bonds. The first kappa shape index (κ1) is 27.2. The first-order valence-electron chi connectivity index (χ1n) is 13.2. The first-order chi connectivity index (χ1) is 18.5. The normalized spacial score (nSPS) is 16.7. The van der Waals surface area contributed by atoms with Gasteiger partial charge in [-0.05, 0) is 60.7 Å². The molecule has 1 aromatic heterocycles. The molecule has 4 rings (SSSR count). The molecule has 3 aromatic rings. The Morgan fingerprint density at radius 1 is 1.13 bits per heavy atom. The maximum atomic E-state index is 12.4. The highest BCUT2D eigenvalue weighted by molar-refractivity contribution is 5.85. The van der Waals surface area contributed by atoms with E-state index in [1.165, 1.54) is 5.56 Å². The fourth-order valence-corrected chi connectivity index (χ4v) is 4.42. The van der Waals surface area contributed by atoms with Gasteiger partial charge >= 0.3 is 5.97 Å². The van der Waals surface area contributed by atoms with Crippen molar-refractivity contribution >= 4 is 22.8 Å². The van der Waals surface area contributed by atoms with Gasteiger partial charge in [-0.2, -0.15) is 0 Å². The molecule has 3 atom stereocenters. The number of aromatic nitrogens is 1. The predicted molar refractivity (Wildman–Crippen MR) is 145 cm³/mol. The zero-order chi connectivity index (χ0) is 26.9. The SMILES string of the molecule is CCCCOC(=O)[C@H](CC)Oc1ccc2[nH]cc(CCNCc3ccc(C4C#CC4C(=O)NO)cc3)c2c1. The lowest BCUT2D eigenvalue weighted by Crippen LogP contribution is -2.34. The van der Waals surface area contributed by atoms with Crippen LogP contribution in [0.25, 0.3) is 10.9 Å². The topological polar surface area (TPSA) is 113 Å². The Hall–Kier alpha value is -3.80. The van der Waals surface area contributed by atoms with Crippen LogP contribution in [0.5, 0.6) is 5.75 Å². The highest BCUT2D eigenvalue weighted by Crippen LogP contribution is 2.30. The molecule has 1 aliphatic carbocycles. The Morgan fingerprint density at radius 2 is 1.95 bits per heavy atom. The summed E-state index contributed by atoms with van der Waals surface area (Å²) in [6, 6.07) is 13.9. The van der Waals surface area contributed by atoms with Crippen LogP contribution in [0.2, 0.25) is 0 Å². The molecule has 8 nitrogen and oxygen atoms in total. The third kappa shape index (κ3) is 6.55. The summed E-state index contributed by atoms with van der Waals surface area (Å²) in [5.74, 6) is 4.97. The summed E-state index contributed by atoms with van der Waals surface area (Å²) in [6.45, 7) is 5.90. The molecule has 4 N–H and O–H groups in total. The fourth-order valence-electron chi connectivity index (χ4n) is 4.42. The van der Waals surface area contributed by atoms with E-state index in [2.05, 4.69) is 29.1 Å². The Bertz CT molecular complexity index is 1300. The summed E-state index contributed by atoms with van der Waals surface area (Å²) in [4.78, 5) is 27.3. The van der Waals surface area contributed by atoms with Crippen LogP contribution in [0, 0.1) is 17.8 Å². The molecule has 1 heterocycles. The van der Waals surface area contributed by atoms with Gasteiger partial charge in [0.05, 0.1) is 12.5 Å². The maximum Gasteiger partial charge on any atom is 0.347 e. The quantitative estimate of drug-likeness (QED) is 0.0837. The van der Waals surface area contributed by atoms with Crippen LogP contribution in [0.4, 0.5) is 0 Å². The zero-order valence-electron chi connectivity index (χ0n) is 21.9. The number of esters is 1. The molecular formula is C30H35N3O5. The number of ether oxygens (including phenoxy) is 2. The number of H-pyrrole nitrogens is 1. The largest absolute Gasteiger partial charge is 0.479 e. The number of hydrogen-bond donors (Lipinski definition) is 4. The van der Waals surface area contributed by atoms with Crippen molar-refractivity contribution in [3.63, 3.8) is 0 Å². The minimum atomic E-state index is -0.617. The molecule has 0 saturated heterocycles. The van der Waals surface area contributed by atoms with Gasteiger partial charge < -0.3 is 19.8 Å². The van der Waals surface area contributed by atoms with Crippen molar-refractivity contribution in [3.8, 4) is 17.6 Å². The van der Waals surface area contributed by atoms with Crippen molar-refractivity contribution in [1.29, 1.82) is 0 Å². The number of carbonyl (C=O) groups is 2. The third-order valence-electron chi connectivity index (χ3n) is 6.75. The zero-order valence-corrected chi connectivity index (χ0v) is 21.9. The Morgan fingerprint density at radius 3 is 2.63 bits per heavy atom. The highest BCUT2D eigenvalue weighted by Gasteiger charge is 2.32. The molecule has 200 valence electrons. The number of fused-ring (bicyclic) bond motifs is 1. The van der Waals surface area contributed by atoms with E-state index in [0.29, 0.717) is 25.3 Å². The van der Waals surface area contributed by atoms with Gasteiger partial charge in [0.15, 0.2) is 6.10 Å². The summed E-state index contributed by atoms with van der Waals surface area (Å²) >= 11 is 0. The molecule has 0 bridgehead atoms. The predicted octanol–water partition coefficient (Wildman–Crippen LogP) is 4.22. The monoisotopic (exact) mass is 517 g/mol. The summed E-state index contributed by atoms with van der Waals surface area (Å²) in [5.41, 5.74) is 5.98. The van der Waals surface area contributed by atoms with Gasteiger partial charge in [0.25, 0.3) is 5.91 Å². The van der Waals surface area contributed by atoms with Gasteiger partial charge in [-0.25, -0.2) is 10.3 Å². The molecular weight excluding hydrogens is 482 g/mol. The van der Waals surface area contributed by atoms with Crippen LogP contribution in [0.3, 0.4) is 0 Å². The lowest BCUT2D eigenvalue weighted by molar-refractivity contribution is -0.152. The summed E-state index contributed by atoms with van der Waals surface area (Å²) in [5, 5.41) is 13.4. The molecule has 2 unspecified atom stereocenters. The standard InChI is InChI=1S/C30H35N3O5/c1-3-5-16-37-30(35)28(4-2)38-23-10-13-27-26(17-23)22(19-32-27)14-15-31-18-20-6-8-21(9-7-20)24-11-12-25(24)29(34)33-36/h6-10,13,17,19,24-25,28,31-32,36H,3-5,14-16,18H2,1-2H3,(H,33,34)/t24?,25?,28-/m0/s1. The van der Waals surface area contributed by atoms with Crippen molar-refractivity contribution < 1.29 is 24.3 Å². The van der Waals surface area contributed by atoms with E-state index in [-0.39, 0.29) is 11.9 Å². The van der Waals surface area contributed by atoms with Gasteiger partial charge in [-0.1, -0.05) is 56.4 Å². The van der Waals surface area contributed by atoms with Crippen LogP contribution >= 0.6 is 0 Å². The number of hydrogen-bond acceptors (Lipinski definition) is 6. The fraction of sp³-hybridized carbons (Fsp3) is 0.400. The van der Waals surface area contributed by atoms with Gasteiger partial charge in [0.1, 0.15) is 11.7 Å². The van der Waals surface area contributed by atoms with Crippen LogP contribution in [0.1, 0.15) is 55.7 Å².